The molecule has 0 aliphatic carbocycles. The van der Waals surface area contributed by atoms with Gasteiger partial charge in [-0.15, -0.1) is 0 Å². The molecule has 0 bridgehead atoms. The molecule has 6 heteroatoms. The first kappa shape index (κ1) is 14.2. The van der Waals surface area contributed by atoms with E-state index in [1.54, 1.807) is 26.7 Å². The topological polar surface area (TPSA) is 32.7 Å². The summed E-state index contributed by atoms with van der Waals surface area (Å²) in [5.41, 5.74) is 2.09. The second kappa shape index (κ2) is 6.32. The molecular formula is C14H15NO2S3. The Morgan fingerprint density at radius 2 is 2.00 bits per heavy atom. The molecule has 20 heavy (non-hydrogen) atoms. The summed E-state index contributed by atoms with van der Waals surface area (Å²) >= 11 is 5.18. The molecule has 0 amide bonds. The second-order valence-electron chi connectivity index (χ2n) is 4.73. The highest BCUT2D eigenvalue weighted by atomic mass is 32.9. The first-order valence-corrected chi connectivity index (χ1v) is 9.01. The molecule has 1 aromatic heterocycles. The van der Waals surface area contributed by atoms with Crippen LogP contribution >= 0.6 is 32.9 Å². The van der Waals surface area contributed by atoms with Crippen molar-refractivity contribution in [3.05, 3.63) is 33.7 Å². The van der Waals surface area contributed by atoms with Crippen LogP contribution in [0.1, 0.15) is 5.56 Å². The Bertz CT molecular complexity index is 644. The van der Waals surface area contributed by atoms with Crippen LogP contribution in [0, 0.1) is 3.82 Å². The fourth-order valence-electron chi connectivity index (χ4n) is 2.24. The van der Waals surface area contributed by atoms with Crippen LogP contribution in [0.15, 0.2) is 24.3 Å². The van der Waals surface area contributed by atoms with Gasteiger partial charge in [0, 0.05) is 30.1 Å². The Balaban J connectivity index is 1.84. The Morgan fingerprint density at radius 3 is 2.70 bits per heavy atom. The Hall–Kier alpha value is -0.790. The highest BCUT2D eigenvalue weighted by Gasteiger charge is 2.13. The first-order valence-electron chi connectivity index (χ1n) is 6.45. The zero-order chi connectivity index (χ0) is 13.9. The van der Waals surface area contributed by atoms with Crippen LogP contribution in [-0.4, -0.2) is 36.3 Å². The lowest BCUT2D eigenvalue weighted by molar-refractivity contribution is 0.0339. The van der Waals surface area contributed by atoms with E-state index in [9.17, 15) is 5.11 Å². The van der Waals surface area contributed by atoms with Crippen molar-refractivity contribution in [3.8, 4) is 16.2 Å². The summed E-state index contributed by atoms with van der Waals surface area (Å²) < 4.78 is 6.26. The molecule has 0 spiro atoms. The molecule has 0 atom stereocenters. The van der Waals surface area contributed by atoms with Gasteiger partial charge in [-0.2, -0.15) is 0 Å². The number of hydrogen-bond acceptors (Lipinski definition) is 6. The number of phenolic OH excluding ortho intramolecular Hbond substituents is 1. The second-order valence-corrected chi connectivity index (χ2v) is 7.64. The molecule has 1 aliphatic rings. The van der Waals surface area contributed by atoms with E-state index in [0.29, 0.717) is 5.75 Å². The van der Waals surface area contributed by atoms with E-state index in [1.165, 1.54) is 4.88 Å². The van der Waals surface area contributed by atoms with Gasteiger partial charge in [0.15, 0.2) is 0 Å². The maximum Gasteiger partial charge on any atom is 0.120 e. The number of hydrogen-bond donors (Lipinski definition) is 1. The number of benzene rings is 1. The van der Waals surface area contributed by atoms with E-state index in [-0.39, 0.29) is 0 Å². The third-order valence-electron chi connectivity index (χ3n) is 3.32. The van der Waals surface area contributed by atoms with Crippen molar-refractivity contribution in [3.63, 3.8) is 0 Å². The van der Waals surface area contributed by atoms with Crippen LogP contribution < -0.4 is 0 Å². The highest BCUT2D eigenvalue weighted by molar-refractivity contribution is 7.80. The summed E-state index contributed by atoms with van der Waals surface area (Å²) in [6.07, 6.45) is 0. The smallest absolute Gasteiger partial charge is 0.120 e. The van der Waals surface area contributed by atoms with Crippen LogP contribution in [0.2, 0.25) is 0 Å². The monoisotopic (exact) mass is 325 g/mol. The van der Waals surface area contributed by atoms with Gasteiger partial charge in [0.25, 0.3) is 0 Å². The van der Waals surface area contributed by atoms with Gasteiger partial charge >= 0.3 is 0 Å². The van der Waals surface area contributed by atoms with Crippen LogP contribution in [0.5, 0.6) is 5.75 Å². The minimum Gasteiger partial charge on any atom is -0.508 e. The standard InChI is InChI=1S/C14H15NO2S3/c16-12-2-1-10(13-8-14(18)20-19-13)7-11(12)9-15-3-5-17-6-4-15/h1-2,7-8,16H,3-6,9H2. The maximum absolute atomic E-state index is 10.0. The Kier molecular flexibility index (Phi) is 4.48. The molecule has 0 saturated carbocycles. The molecule has 0 unspecified atom stereocenters. The number of morpholine rings is 1. The molecule has 106 valence electrons. The molecule has 1 aliphatic heterocycles. The van der Waals surface area contributed by atoms with Crippen LogP contribution in [-0.2, 0) is 11.3 Å². The lowest BCUT2D eigenvalue weighted by Crippen LogP contribution is -2.35. The lowest BCUT2D eigenvalue weighted by Gasteiger charge is -2.26. The van der Waals surface area contributed by atoms with Gasteiger partial charge in [0.2, 0.25) is 0 Å². The average molecular weight is 325 g/mol. The van der Waals surface area contributed by atoms with Gasteiger partial charge in [-0.3, -0.25) is 4.90 Å². The molecule has 1 aromatic carbocycles. The number of phenols is 1. The van der Waals surface area contributed by atoms with Crippen molar-refractivity contribution in [1.29, 1.82) is 0 Å². The third kappa shape index (κ3) is 3.27. The van der Waals surface area contributed by atoms with Crippen molar-refractivity contribution >= 4 is 32.9 Å². The first-order chi connectivity index (χ1) is 9.72. The number of ether oxygens (including phenoxy) is 1. The van der Waals surface area contributed by atoms with Crippen molar-refractivity contribution in [2.24, 2.45) is 0 Å². The molecule has 3 nitrogen and oxygen atoms in total. The minimum atomic E-state index is 0.360. The molecule has 3 rings (SSSR count). The zero-order valence-corrected chi connectivity index (χ0v) is 13.3. The highest BCUT2D eigenvalue weighted by Crippen LogP contribution is 2.32. The SMILES string of the molecule is Oc1ccc(-c2cc(=S)ss2)cc1CN1CCOCC1. The molecular weight excluding hydrogens is 310 g/mol. The molecule has 1 N–H and O–H groups in total. The van der Waals surface area contributed by atoms with Crippen LogP contribution in [0.25, 0.3) is 10.4 Å². The fraction of sp³-hybridized carbons (Fsp3) is 0.357. The molecule has 0 radical (unpaired) electrons. The predicted molar refractivity (Wildman–Crippen MR) is 86.2 cm³/mol. The number of rotatable bonds is 3. The predicted octanol–water partition coefficient (Wildman–Crippen LogP) is 3.74. The largest absolute Gasteiger partial charge is 0.508 e. The van der Waals surface area contributed by atoms with Gasteiger partial charge in [0.1, 0.15) is 9.57 Å². The van der Waals surface area contributed by atoms with E-state index in [4.69, 9.17) is 17.0 Å². The van der Waals surface area contributed by atoms with E-state index in [2.05, 4.69) is 11.0 Å². The zero-order valence-electron chi connectivity index (χ0n) is 10.9. The molecule has 1 saturated heterocycles. The van der Waals surface area contributed by atoms with E-state index in [1.807, 2.05) is 12.1 Å². The van der Waals surface area contributed by atoms with Crippen molar-refractivity contribution < 1.29 is 9.84 Å². The summed E-state index contributed by atoms with van der Waals surface area (Å²) in [5, 5.41) is 10.0. The van der Waals surface area contributed by atoms with Crippen LogP contribution in [0.3, 0.4) is 0 Å². The van der Waals surface area contributed by atoms with Gasteiger partial charge in [-0.1, -0.05) is 32.9 Å². The van der Waals surface area contributed by atoms with E-state index in [0.717, 1.165) is 47.8 Å². The van der Waals surface area contributed by atoms with Crippen molar-refractivity contribution in [1.82, 2.24) is 4.90 Å². The van der Waals surface area contributed by atoms with E-state index < -0.39 is 0 Å². The van der Waals surface area contributed by atoms with Gasteiger partial charge in [-0.25, -0.2) is 0 Å². The van der Waals surface area contributed by atoms with Crippen LogP contribution in [0.4, 0.5) is 0 Å². The van der Waals surface area contributed by atoms with Gasteiger partial charge in [0.05, 0.1) is 13.2 Å². The number of nitrogens with zero attached hydrogens (tertiary/aromatic N) is 1. The summed E-state index contributed by atoms with van der Waals surface area (Å²) in [5.74, 6) is 0.360. The van der Waals surface area contributed by atoms with Crippen molar-refractivity contribution in [2.45, 2.75) is 6.54 Å². The Labute approximate surface area is 130 Å². The van der Waals surface area contributed by atoms with Gasteiger partial charge < -0.3 is 9.84 Å². The summed E-state index contributed by atoms with van der Waals surface area (Å²) in [6.45, 7) is 4.14. The van der Waals surface area contributed by atoms with E-state index >= 15 is 0 Å². The summed E-state index contributed by atoms with van der Waals surface area (Å²) in [6, 6.07) is 7.82. The molecule has 1 fully saturated rings. The minimum absolute atomic E-state index is 0.360. The van der Waals surface area contributed by atoms with Crippen molar-refractivity contribution in [2.75, 3.05) is 26.3 Å². The molecule has 2 aromatic rings. The number of aromatic hydroxyl groups is 1. The lowest BCUT2D eigenvalue weighted by atomic mass is 10.1. The Morgan fingerprint density at radius 1 is 1.20 bits per heavy atom. The summed E-state index contributed by atoms with van der Waals surface area (Å²) in [7, 11) is 3.30. The average Bonchev–Trinajstić information content (AvgIpc) is 2.89. The normalized spacial score (nSPS) is 16.4. The molecule has 2 heterocycles. The fourth-order valence-corrected chi connectivity index (χ4v) is 4.63. The maximum atomic E-state index is 10.0. The summed E-state index contributed by atoms with van der Waals surface area (Å²) in [4.78, 5) is 3.47. The van der Waals surface area contributed by atoms with Gasteiger partial charge in [-0.05, 0) is 29.8 Å². The quantitative estimate of drug-likeness (QED) is 0.688. The third-order valence-corrected chi connectivity index (χ3v) is 6.23.